The molecule has 0 bridgehead atoms. The SMILES string of the molecule is CCC(C)c1ccc(NC(=O)COc2c(OC)cccc2C(=O)N(C)C)cc1. The van der Waals surface area contributed by atoms with Crippen LogP contribution in [0.25, 0.3) is 0 Å². The van der Waals surface area contributed by atoms with Crippen LogP contribution in [0.15, 0.2) is 42.5 Å². The van der Waals surface area contributed by atoms with E-state index in [4.69, 9.17) is 9.47 Å². The van der Waals surface area contributed by atoms with E-state index in [0.29, 0.717) is 22.9 Å². The molecule has 0 aliphatic rings. The summed E-state index contributed by atoms with van der Waals surface area (Å²) in [6.07, 6.45) is 1.06. The topological polar surface area (TPSA) is 67.9 Å². The van der Waals surface area contributed by atoms with Crippen molar-refractivity contribution in [2.45, 2.75) is 26.2 Å². The Kier molecular flexibility index (Phi) is 7.44. The molecule has 2 amide bonds. The predicted molar refractivity (Wildman–Crippen MR) is 110 cm³/mol. The summed E-state index contributed by atoms with van der Waals surface area (Å²) in [6.45, 7) is 4.08. The maximum absolute atomic E-state index is 12.4. The van der Waals surface area contributed by atoms with Gasteiger partial charge < -0.3 is 19.7 Å². The molecule has 0 spiro atoms. The molecule has 2 aromatic carbocycles. The second kappa shape index (κ2) is 9.78. The monoisotopic (exact) mass is 384 g/mol. The van der Waals surface area contributed by atoms with Gasteiger partial charge in [-0.3, -0.25) is 9.59 Å². The molecule has 1 N–H and O–H groups in total. The van der Waals surface area contributed by atoms with Crippen molar-refractivity contribution in [2.24, 2.45) is 0 Å². The molecule has 1 unspecified atom stereocenters. The lowest BCUT2D eigenvalue weighted by atomic mass is 9.99. The molecule has 2 rings (SSSR count). The fraction of sp³-hybridized carbons (Fsp3) is 0.364. The van der Waals surface area contributed by atoms with Gasteiger partial charge in [-0.05, 0) is 42.2 Å². The summed E-state index contributed by atoms with van der Waals surface area (Å²) < 4.78 is 10.9. The van der Waals surface area contributed by atoms with E-state index in [9.17, 15) is 9.59 Å². The number of hydrogen-bond acceptors (Lipinski definition) is 4. The van der Waals surface area contributed by atoms with E-state index in [0.717, 1.165) is 6.42 Å². The van der Waals surface area contributed by atoms with Crippen molar-refractivity contribution >= 4 is 17.5 Å². The van der Waals surface area contributed by atoms with Gasteiger partial charge in [-0.15, -0.1) is 0 Å². The number of carbonyl (C=O) groups excluding carboxylic acids is 2. The minimum atomic E-state index is -0.314. The Labute approximate surface area is 166 Å². The number of nitrogens with zero attached hydrogens (tertiary/aromatic N) is 1. The largest absolute Gasteiger partial charge is 0.493 e. The molecule has 0 heterocycles. The third-order valence-electron chi connectivity index (χ3n) is 4.56. The molecular formula is C22H28N2O4. The third kappa shape index (κ3) is 5.25. The highest BCUT2D eigenvalue weighted by atomic mass is 16.5. The number of rotatable bonds is 8. The lowest BCUT2D eigenvalue weighted by molar-refractivity contribution is -0.118. The van der Waals surface area contributed by atoms with Crippen LogP contribution in [-0.2, 0) is 4.79 Å². The molecule has 0 aromatic heterocycles. The van der Waals surface area contributed by atoms with Crippen molar-refractivity contribution in [3.05, 3.63) is 53.6 Å². The van der Waals surface area contributed by atoms with Crippen LogP contribution in [-0.4, -0.2) is 44.5 Å². The van der Waals surface area contributed by atoms with Gasteiger partial charge in [0.1, 0.15) is 0 Å². The maximum Gasteiger partial charge on any atom is 0.262 e. The van der Waals surface area contributed by atoms with Crippen LogP contribution in [0.4, 0.5) is 5.69 Å². The highest BCUT2D eigenvalue weighted by Gasteiger charge is 2.19. The summed E-state index contributed by atoms with van der Waals surface area (Å²) in [5, 5.41) is 2.81. The molecule has 6 heteroatoms. The first-order valence-electron chi connectivity index (χ1n) is 9.28. The van der Waals surface area contributed by atoms with Crippen LogP contribution in [0.2, 0.25) is 0 Å². The van der Waals surface area contributed by atoms with Gasteiger partial charge in [0.25, 0.3) is 11.8 Å². The van der Waals surface area contributed by atoms with Gasteiger partial charge in [-0.2, -0.15) is 0 Å². The van der Waals surface area contributed by atoms with Gasteiger partial charge in [0.15, 0.2) is 18.1 Å². The van der Waals surface area contributed by atoms with Gasteiger partial charge >= 0.3 is 0 Å². The summed E-state index contributed by atoms with van der Waals surface area (Å²) in [5.41, 5.74) is 2.28. The van der Waals surface area contributed by atoms with Crippen molar-refractivity contribution in [3.8, 4) is 11.5 Å². The van der Waals surface area contributed by atoms with E-state index in [2.05, 4.69) is 19.2 Å². The highest BCUT2D eigenvalue weighted by Crippen LogP contribution is 2.31. The standard InChI is InChI=1S/C22H28N2O4/c1-6-15(2)16-10-12-17(13-11-16)23-20(25)14-28-21-18(22(26)24(3)4)8-7-9-19(21)27-5/h7-13,15H,6,14H2,1-5H3,(H,23,25). The van der Waals surface area contributed by atoms with Crippen LogP contribution in [0.5, 0.6) is 11.5 Å². The minimum Gasteiger partial charge on any atom is -0.493 e. The second-order valence-electron chi connectivity index (χ2n) is 6.80. The Morgan fingerprint density at radius 1 is 1.11 bits per heavy atom. The van der Waals surface area contributed by atoms with Crippen molar-refractivity contribution in [2.75, 3.05) is 33.1 Å². The number of hydrogen-bond donors (Lipinski definition) is 1. The molecule has 2 aromatic rings. The Bertz CT molecular complexity index is 816. The smallest absolute Gasteiger partial charge is 0.262 e. The Hall–Kier alpha value is -3.02. The molecule has 150 valence electrons. The number of amides is 2. The number of para-hydroxylation sites is 1. The summed E-state index contributed by atoms with van der Waals surface area (Å²) in [4.78, 5) is 26.1. The highest BCUT2D eigenvalue weighted by molar-refractivity contribution is 5.98. The molecule has 0 saturated heterocycles. The first-order valence-corrected chi connectivity index (χ1v) is 9.28. The molecule has 0 aliphatic heterocycles. The number of ether oxygens (including phenoxy) is 2. The van der Waals surface area contributed by atoms with E-state index in [-0.39, 0.29) is 24.2 Å². The lowest BCUT2D eigenvalue weighted by Crippen LogP contribution is -2.24. The van der Waals surface area contributed by atoms with E-state index in [1.807, 2.05) is 24.3 Å². The average Bonchev–Trinajstić information content (AvgIpc) is 2.71. The molecule has 0 aliphatic carbocycles. The number of anilines is 1. The van der Waals surface area contributed by atoms with E-state index in [1.165, 1.54) is 17.6 Å². The molecule has 0 saturated carbocycles. The predicted octanol–water partition coefficient (Wildman–Crippen LogP) is 3.93. The van der Waals surface area contributed by atoms with Crippen LogP contribution in [0.1, 0.15) is 42.1 Å². The van der Waals surface area contributed by atoms with Crippen LogP contribution < -0.4 is 14.8 Å². The van der Waals surface area contributed by atoms with Crippen molar-refractivity contribution in [1.29, 1.82) is 0 Å². The second-order valence-corrected chi connectivity index (χ2v) is 6.80. The zero-order valence-electron chi connectivity index (χ0n) is 17.1. The van der Waals surface area contributed by atoms with Gasteiger partial charge in [-0.25, -0.2) is 0 Å². The summed E-state index contributed by atoms with van der Waals surface area (Å²) in [5.74, 6) is 0.594. The van der Waals surface area contributed by atoms with Gasteiger partial charge in [0.2, 0.25) is 0 Å². The average molecular weight is 384 g/mol. The van der Waals surface area contributed by atoms with Gasteiger partial charge in [0, 0.05) is 19.8 Å². The first-order chi connectivity index (χ1) is 13.4. The summed E-state index contributed by atoms with van der Waals surface area (Å²) in [6, 6.07) is 12.8. The van der Waals surface area contributed by atoms with E-state index >= 15 is 0 Å². The van der Waals surface area contributed by atoms with Crippen LogP contribution >= 0.6 is 0 Å². The molecule has 0 radical (unpaired) electrons. The molecule has 1 atom stereocenters. The normalized spacial score (nSPS) is 11.5. The van der Waals surface area contributed by atoms with Crippen molar-refractivity contribution in [3.63, 3.8) is 0 Å². The van der Waals surface area contributed by atoms with Crippen LogP contribution in [0, 0.1) is 0 Å². The molecule has 6 nitrogen and oxygen atoms in total. The molecule has 28 heavy (non-hydrogen) atoms. The van der Waals surface area contributed by atoms with Gasteiger partial charge in [0.05, 0.1) is 12.7 Å². The zero-order chi connectivity index (χ0) is 20.7. The number of methoxy groups -OCH3 is 1. The number of carbonyl (C=O) groups is 2. The maximum atomic E-state index is 12.4. The Morgan fingerprint density at radius 2 is 1.79 bits per heavy atom. The van der Waals surface area contributed by atoms with Crippen molar-refractivity contribution < 1.29 is 19.1 Å². The number of nitrogens with one attached hydrogen (secondary N) is 1. The minimum absolute atomic E-state index is 0.227. The Morgan fingerprint density at radius 3 is 2.36 bits per heavy atom. The number of benzene rings is 2. The lowest BCUT2D eigenvalue weighted by Gasteiger charge is -2.17. The molecular weight excluding hydrogens is 356 g/mol. The third-order valence-corrected chi connectivity index (χ3v) is 4.56. The van der Waals surface area contributed by atoms with Crippen molar-refractivity contribution in [1.82, 2.24) is 4.90 Å². The summed E-state index contributed by atoms with van der Waals surface area (Å²) in [7, 11) is 4.80. The fourth-order valence-corrected chi connectivity index (χ4v) is 2.70. The van der Waals surface area contributed by atoms with E-state index < -0.39 is 0 Å². The first kappa shape index (κ1) is 21.3. The zero-order valence-corrected chi connectivity index (χ0v) is 17.1. The fourth-order valence-electron chi connectivity index (χ4n) is 2.70. The van der Waals surface area contributed by atoms with E-state index in [1.54, 1.807) is 32.3 Å². The van der Waals surface area contributed by atoms with Crippen LogP contribution in [0.3, 0.4) is 0 Å². The molecule has 0 fully saturated rings. The Balaban J connectivity index is 2.07. The summed E-state index contributed by atoms with van der Waals surface area (Å²) >= 11 is 0. The quantitative estimate of drug-likeness (QED) is 0.749. The van der Waals surface area contributed by atoms with Gasteiger partial charge in [-0.1, -0.05) is 32.0 Å².